The van der Waals surface area contributed by atoms with Crippen LogP contribution in [-0.2, 0) is 17.8 Å². The summed E-state index contributed by atoms with van der Waals surface area (Å²) in [6, 6.07) is 11.4. The maximum Gasteiger partial charge on any atom is 0.315 e. The maximum absolute atomic E-state index is 12.1. The maximum atomic E-state index is 12.1. The number of carbonyl (C=O) groups is 2. The summed E-state index contributed by atoms with van der Waals surface area (Å²) in [4.78, 5) is 29.4. The van der Waals surface area contributed by atoms with Crippen molar-refractivity contribution in [2.75, 3.05) is 11.9 Å². The Morgan fingerprint density at radius 2 is 1.93 bits per heavy atom. The molecule has 0 aliphatic heterocycles. The molecule has 0 fully saturated rings. The highest BCUT2D eigenvalue weighted by Gasteiger charge is 2.13. The third kappa shape index (κ3) is 5.92. The Morgan fingerprint density at radius 1 is 1.14 bits per heavy atom. The van der Waals surface area contributed by atoms with Gasteiger partial charge in [0.05, 0.1) is 25.0 Å². The standard InChI is InChI=1S/C21H24N4O3S/c1-3-5-15-7-9-16(10-8-15)19-14(2)29-21(25-19)24-18(26)13-23-20(27)22-12-17-6-4-11-28-17/h4,6-11H,3,5,12-13H2,1-2H3,(H2,22,23,27)(H,24,25,26). The summed E-state index contributed by atoms with van der Waals surface area (Å²) in [5.74, 6) is 0.301. The Morgan fingerprint density at radius 3 is 2.62 bits per heavy atom. The first-order chi connectivity index (χ1) is 14.0. The van der Waals surface area contributed by atoms with E-state index in [1.807, 2.05) is 6.92 Å². The molecule has 0 spiro atoms. The van der Waals surface area contributed by atoms with Gasteiger partial charge in [-0.2, -0.15) is 0 Å². The zero-order chi connectivity index (χ0) is 20.6. The van der Waals surface area contributed by atoms with Gasteiger partial charge in [-0.15, -0.1) is 11.3 Å². The smallest absolute Gasteiger partial charge is 0.315 e. The first kappa shape index (κ1) is 20.6. The van der Waals surface area contributed by atoms with Gasteiger partial charge in [0, 0.05) is 10.4 Å². The third-order valence-electron chi connectivity index (χ3n) is 4.22. The predicted octanol–water partition coefficient (Wildman–Crippen LogP) is 4.10. The van der Waals surface area contributed by atoms with Crippen LogP contribution in [0.25, 0.3) is 11.3 Å². The van der Waals surface area contributed by atoms with E-state index >= 15 is 0 Å². The Labute approximate surface area is 173 Å². The fraction of sp³-hybridized carbons (Fsp3) is 0.286. The summed E-state index contributed by atoms with van der Waals surface area (Å²) >= 11 is 1.41. The van der Waals surface area contributed by atoms with Gasteiger partial charge in [-0.1, -0.05) is 37.6 Å². The van der Waals surface area contributed by atoms with Crippen molar-refractivity contribution in [1.29, 1.82) is 0 Å². The molecule has 0 aliphatic rings. The van der Waals surface area contributed by atoms with Crippen molar-refractivity contribution in [3.8, 4) is 11.3 Å². The van der Waals surface area contributed by atoms with Gasteiger partial charge in [0.25, 0.3) is 0 Å². The van der Waals surface area contributed by atoms with Crippen LogP contribution in [0, 0.1) is 6.92 Å². The monoisotopic (exact) mass is 412 g/mol. The van der Waals surface area contributed by atoms with E-state index in [1.165, 1.54) is 23.2 Å². The molecule has 29 heavy (non-hydrogen) atoms. The molecule has 8 heteroatoms. The number of hydrogen-bond acceptors (Lipinski definition) is 5. The summed E-state index contributed by atoms with van der Waals surface area (Å²) in [7, 11) is 0. The van der Waals surface area contributed by atoms with E-state index in [9.17, 15) is 9.59 Å². The predicted molar refractivity (Wildman–Crippen MR) is 114 cm³/mol. The van der Waals surface area contributed by atoms with Crippen LogP contribution >= 0.6 is 11.3 Å². The lowest BCUT2D eigenvalue weighted by molar-refractivity contribution is -0.115. The lowest BCUT2D eigenvalue weighted by Gasteiger charge is -2.06. The van der Waals surface area contributed by atoms with Crippen LogP contribution in [0.1, 0.15) is 29.5 Å². The zero-order valence-electron chi connectivity index (χ0n) is 16.5. The normalized spacial score (nSPS) is 10.6. The fourth-order valence-corrected chi connectivity index (χ4v) is 3.65. The Bertz CT molecular complexity index is 949. The van der Waals surface area contributed by atoms with E-state index in [-0.39, 0.29) is 19.0 Å². The molecule has 0 radical (unpaired) electrons. The minimum Gasteiger partial charge on any atom is -0.467 e. The lowest BCUT2D eigenvalue weighted by atomic mass is 10.1. The van der Waals surface area contributed by atoms with Crippen molar-refractivity contribution < 1.29 is 14.0 Å². The molecule has 0 bridgehead atoms. The lowest BCUT2D eigenvalue weighted by Crippen LogP contribution is -2.39. The molecule has 3 amide bonds. The molecular formula is C21H24N4O3S. The number of furan rings is 1. The van der Waals surface area contributed by atoms with Crippen LogP contribution < -0.4 is 16.0 Å². The SMILES string of the molecule is CCCc1ccc(-c2nc(NC(=O)CNC(=O)NCc3ccco3)sc2C)cc1. The van der Waals surface area contributed by atoms with Gasteiger partial charge >= 0.3 is 6.03 Å². The number of rotatable bonds is 8. The van der Waals surface area contributed by atoms with Crippen molar-refractivity contribution in [1.82, 2.24) is 15.6 Å². The van der Waals surface area contributed by atoms with E-state index in [0.29, 0.717) is 10.9 Å². The van der Waals surface area contributed by atoms with Crippen molar-refractivity contribution >= 4 is 28.4 Å². The van der Waals surface area contributed by atoms with E-state index in [2.05, 4.69) is 52.1 Å². The molecule has 3 rings (SSSR count). The van der Waals surface area contributed by atoms with Crippen molar-refractivity contribution in [3.63, 3.8) is 0 Å². The molecule has 152 valence electrons. The average Bonchev–Trinajstić information content (AvgIpc) is 3.35. The number of thiazole rings is 1. The number of benzene rings is 1. The second-order valence-electron chi connectivity index (χ2n) is 6.53. The summed E-state index contributed by atoms with van der Waals surface area (Å²) in [6.07, 6.45) is 3.70. The minimum atomic E-state index is -0.445. The first-order valence-electron chi connectivity index (χ1n) is 9.46. The Balaban J connectivity index is 1.50. The molecule has 0 unspecified atom stereocenters. The number of aromatic nitrogens is 1. The van der Waals surface area contributed by atoms with Gasteiger partial charge in [-0.05, 0) is 31.0 Å². The van der Waals surface area contributed by atoms with Crippen LogP contribution in [-0.4, -0.2) is 23.5 Å². The number of nitrogens with one attached hydrogen (secondary N) is 3. The van der Waals surface area contributed by atoms with Gasteiger partial charge in [-0.3, -0.25) is 4.79 Å². The zero-order valence-corrected chi connectivity index (χ0v) is 17.3. The second-order valence-corrected chi connectivity index (χ2v) is 7.74. The second kappa shape index (κ2) is 9.88. The summed E-state index contributed by atoms with van der Waals surface area (Å²) in [5.41, 5.74) is 3.18. The van der Waals surface area contributed by atoms with Crippen LogP contribution in [0.15, 0.2) is 47.1 Å². The summed E-state index contributed by atoms with van der Waals surface area (Å²) in [6.45, 7) is 4.24. The van der Waals surface area contributed by atoms with Crippen molar-refractivity contribution in [2.45, 2.75) is 33.2 Å². The average molecular weight is 413 g/mol. The number of carbonyl (C=O) groups excluding carboxylic acids is 2. The molecule has 7 nitrogen and oxygen atoms in total. The van der Waals surface area contributed by atoms with Crippen LogP contribution in [0.4, 0.5) is 9.93 Å². The van der Waals surface area contributed by atoms with E-state index < -0.39 is 6.03 Å². The van der Waals surface area contributed by atoms with Gasteiger partial charge < -0.3 is 20.4 Å². The van der Waals surface area contributed by atoms with Crippen molar-refractivity contribution in [2.24, 2.45) is 0 Å². The molecule has 0 atom stereocenters. The highest BCUT2D eigenvalue weighted by Crippen LogP contribution is 2.30. The van der Waals surface area contributed by atoms with Crippen LogP contribution in [0.3, 0.4) is 0 Å². The molecule has 0 aliphatic carbocycles. The van der Waals surface area contributed by atoms with E-state index in [0.717, 1.165) is 29.0 Å². The molecule has 2 aromatic heterocycles. The number of hydrogen-bond donors (Lipinski definition) is 3. The molecule has 0 saturated heterocycles. The topological polar surface area (TPSA) is 96.3 Å². The largest absolute Gasteiger partial charge is 0.467 e. The number of anilines is 1. The number of urea groups is 1. The van der Waals surface area contributed by atoms with Gasteiger partial charge in [0.15, 0.2) is 5.13 Å². The number of aryl methyl sites for hydroxylation is 2. The Kier molecular flexibility index (Phi) is 7.02. The van der Waals surface area contributed by atoms with Crippen LogP contribution in [0.5, 0.6) is 0 Å². The Hall–Kier alpha value is -3.13. The number of amides is 3. The molecule has 3 N–H and O–H groups in total. The van der Waals surface area contributed by atoms with Gasteiger partial charge in [0.2, 0.25) is 5.91 Å². The van der Waals surface area contributed by atoms with Crippen molar-refractivity contribution in [3.05, 3.63) is 58.9 Å². The van der Waals surface area contributed by atoms with Gasteiger partial charge in [-0.25, -0.2) is 9.78 Å². The summed E-state index contributed by atoms with van der Waals surface area (Å²) in [5, 5.41) is 8.37. The quantitative estimate of drug-likeness (QED) is 0.519. The third-order valence-corrected chi connectivity index (χ3v) is 5.11. The highest BCUT2D eigenvalue weighted by atomic mass is 32.1. The molecule has 0 saturated carbocycles. The highest BCUT2D eigenvalue weighted by molar-refractivity contribution is 7.16. The van der Waals surface area contributed by atoms with E-state index in [4.69, 9.17) is 4.42 Å². The van der Waals surface area contributed by atoms with E-state index in [1.54, 1.807) is 12.1 Å². The van der Waals surface area contributed by atoms with Gasteiger partial charge in [0.1, 0.15) is 5.76 Å². The number of nitrogens with zero attached hydrogens (tertiary/aromatic N) is 1. The van der Waals surface area contributed by atoms with Crippen LogP contribution in [0.2, 0.25) is 0 Å². The molecule has 1 aromatic carbocycles. The molecule has 3 aromatic rings. The molecular weight excluding hydrogens is 388 g/mol. The first-order valence-corrected chi connectivity index (χ1v) is 10.3. The molecule has 2 heterocycles. The fourth-order valence-electron chi connectivity index (χ4n) is 2.80. The summed E-state index contributed by atoms with van der Waals surface area (Å²) < 4.78 is 5.13. The minimum absolute atomic E-state index is 0.149.